The Hall–Kier alpha value is -3.37. The van der Waals surface area contributed by atoms with Gasteiger partial charge < -0.3 is 20.1 Å². The van der Waals surface area contributed by atoms with Crippen LogP contribution in [-0.2, 0) is 11.2 Å². The molecule has 3 aromatic rings. The SMILES string of the molecule is O=C(NCCCN1CCOCC1)c1c(O)c2ncc(Cc3ccc(F)cn3)cc2[nH]c1=O. The minimum absolute atomic E-state index is 0.124. The standard InChI is InChI=1S/C22H24FN5O4/c23-15-2-3-16(25-13-15)10-14-11-17-19(26-12-14)20(29)18(22(31)27-17)21(30)24-4-1-5-28-6-8-32-9-7-28/h2-3,11-13H,1,4-10H2,(H,24,30)(H2,27,29,31). The summed E-state index contributed by atoms with van der Waals surface area (Å²) in [6.07, 6.45) is 3.74. The summed E-state index contributed by atoms with van der Waals surface area (Å²) in [4.78, 5) is 38.1. The molecule has 9 nitrogen and oxygen atoms in total. The number of aromatic hydroxyl groups is 1. The van der Waals surface area contributed by atoms with Crippen molar-refractivity contribution >= 4 is 16.9 Å². The van der Waals surface area contributed by atoms with Crippen molar-refractivity contribution in [3.8, 4) is 5.75 Å². The van der Waals surface area contributed by atoms with Crippen LogP contribution < -0.4 is 10.9 Å². The van der Waals surface area contributed by atoms with Gasteiger partial charge in [-0.3, -0.25) is 24.5 Å². The fraction of sp³-hybridized carbons (Fsp3) is 0.364. The van der Waals surface area contributed by atoms with E-state index in [1.165, 1.54) is 12.3 Å². The Balaban J connectivity index is 1.44. The number of H-pyrrole nitrogens is 1. The van der Waals surface area contributed by atoms with Gasteiger partial charge in [0.25, 0.3) is 11.5 Å². The average molecular weight is 441 g/mol. The van der Waals surface area contributed by atoms with E-state index in [-0.39, 0.29) is 11.1 Å². The monoisotopic (exact) mass is 441 g/mol. The lowest BCUT2D eigenvalue weighted by Gasteiger charge is -2.26. The van der Waals surface area contributed by atoms with E-state index < -0.39 is 23.0 Å². The number of hydrogen-bond donors (Lipinski definition) is 3. The van der Waals surface area contributed by atoms with Crippen LogP contribution in [0.3, 0.4) is 0 Å². The molecule has 168 valence electrons. The Morgan fingerprint density at radius 3 is 2.81 bits per heavy atom. The van der Waals surface area contributed by atoms with Crippen LogP contribution in [0.15, 0.2) is 35.4 Å². The molecule has 1 amide bonds. The van der Waals surface area contributed by atoms with Crippen molar-refractivity contribution in [1.82, 2.24) is 25.2 Å². The first-order valence-corrected chi connectivity index (χ1v) is 10.4. The zero-order chi connectivity index (χ0) is 22.5. The van der Waals surface area contributed by atoms with Crippen molar-refractivity contribution in [1.29, 1.82) is 0 Å². The highest BCUT2D eigenvalue weighted by atomic mass is 19.1. The Morgan fingerprint density at radius 2 is 2.06 bits per heavy atom. The molecule has 3 N–H and O–H groups in total. The van der Waals surface area contributed by atoms with Gasteiger partial charge in [0.2, 0.25) is 0 Å². The molecule has 4 heterocycles. The third-order valence-corrected chi connectivity index (χ3v) is 5.32. The summed E-state index contributed by atoms with van der Waals surface area (Å²) in [5.74, 6) is -1.53. The predicted octanol–water partition coefficient (Wildman–Crippen LogP) is 1.21. The van der Waals surface area contributed by atoms with E-state index >= 15 is 0 Å². The number of halogens is 1. The zero-order valence-electron chi connectivity index (χ0n) is 17.4. The first-order chi connectivity index (χ1) is 15.5. The number of pyridine rings is 3. The molecular formula is C22H24FN5O4. The maximum absolute atomic E-state index is 13.0. The van der Waals surface area contributed by atoms with E-state index in [1.807, 2.05) is 0 Å². The van der Waals surface area contributed by atoms with E-state index in [0.29, 0.717) is 43.0 Å². The van der Waals surface area contributed by atoms with Crippen molar-refractivity contribution in [2.45, 2.75) is 12.8 Å². The fourth-order valence-electron chi connectivity index (χ4n) is 3.65. The summed E-state index contributed by atoms with van der Waals surface area (Å²) in [5, 5.41) is 13.2. The molecule has 1 aliphatic heterocycles. The van der Waals surface area contributed by atoms with Gasteiger partial charge in [-0.05, 0) is 36.7 Å². The molecule has 3 aromatic heterocycles. The number of carbonyl (C=O) groups excluding carboxylic acids is 1. The third kappa shape index (κ3) is 5.09. The molecule has 32 heavy (non-hydrogen) atoms. The Kier molecular flexibility index (Phi) is 6.72. The van der Waals surface area contributed by atoms with Gasteiger partial charge in [0.1, 0.15) is 16.9 Å². The van der Waals surface area contributed by atoms with Gasteiger partial charge in [-0.25, -0.2) is 4.39 Å². The molecular weight excluding hydrogens is 417 g/mol. The molecule has 0 aromatic carbocycles. The molecule has 0 radical (unpaired) electrons. The quantitative estimate of drug-likeness (QED) is 0.471. The lowest BCUT2D eigenvalue weighted by Crippen LogP contribution is -2.38. The van der Waals surface area contributed by atoms with Crippen LogP contribution in [0.2, 0.25) is 0 Å². The van der Waals surface area contributed by atoms with E-state index in [9.17, 15) is 19.1 Å². The van der Waals surface area contributed by atoms with Crippen LogP contribution >= 0.6 is 0 Å². The molecule has 0 atom stereocenters. The highest BCUT2D eigenvalue weighted by molar-refractivity contribution is 6.01. The van der Waals surface area contributed by atoms with E-state index in [0.717, 1.165) is 32.3 Å². The number of amides is 1. The van der Waals surface area contributed by atoms with Crippen molar-refractivity contribution in [2.24, 2.45) is 0 Å². The number of nitrogens with one attached hydrogen (secondary N) is 2. The minimum Gasteiger partial charge on any atom is -0.505 e. The number of fused-ring (bicyclic) bond motifs is 1. The highest BCUT2D eigenvalue weighted by Crippen LogP contribution is 2.24. The number of rotatable bonds is 7. The van der Waals surface area contributed by atoms with Gasteiger partial charge in [0.05, 0.1) is 24.9 Å². The molecule has 1 fully saturated rings. The second kappa shape index (κ2) is 9.84. The second-order valence-corrected chi connectivity index (χ2v) is 7.63. The van der Waals surface area contributed by atoms with Crippen molar-refractivity contribution in [2.75, 3.05) is 39.4 Å². The lowest BCUT2D eigenvalue weighted by molar-refractivity contribution is 0.0374. The maximum atomic E-state index is 13.0. The van der Waals surface area contributed by atoms with Gasteiger partial charge in [-0.1, -0.05) is 0 Å². The van der Waals surface area contributed by atoms with Crippen molar-refractivity contribution in [3.63, 3.8) is 0 Å². The second-order valence-electron chi connectivity index (χ2n) is 7.63. The summed E-state index contributed by atoms with van der Waals surface area (Å²) in [6.45, 7) is 4.35. The number of hydrogen-bond acceptors (Lipinski definition) is 7. The minimum atomic E-state index is -0.695. The number of ether oxygens (including phenoxy) is 1. The normalized spacial score (nSPS) is 14.5. The molecule has 0 bridgehead atoms. The van der Waals surface area contributed by atoms with Crippen LogP contribution in [-0.4, -0.2) is 70.3 Å². The van der Waals surface area contributed by atoms with Crippen LogP contribution in [0.4, 0.5) is 4.39 Å². The maximum Gasteiger partial charge on any atom is 0.265 e. The van der Waals surface area contributed by atoms with E-state index in [2.05, 4.69) is 25.2 Å². The molecule has 1 aliphatic rings. The van der Waals surface area contributed by atoms with Gasteiger partial charge >= 0.3 is 0 Å². The summed E-state index contributed by atoms with van der Waals surface area (Å²) in [6, 6.07) is 4.53. The molecule has 0 aliphatic carbocycles. The van der Waals surface area contributed by atoms with Crippen LogP contribution in [0.25, 0.3) is 11.0 Å². The smallest absolute Gasteiger partial charge is 0.265 e. The average Bonchev–Trinajstić information content (AvgIpc) is 2.79. The molecule has 0 saturated carbocycles. The number of aromatic amines is 1. The zero-order valence-corrected chi connectivity index (χ0v) is 17.4. The summed E-state index contributed by atoms with van der Waals surface area (Å²) in [5.41, 5.74) is 0.720. The molecule has 0 spiro atoms. The number of carbonyl (C=O) groups is 1. The van der Waals surface area contributed by atoms with Gasteiger partial charge in [0.15, 0.2) is 5.75 Å². The first kappa shape index (κ1) is 21.8. The highest BCUT2D eigenvalue weighted by Gasteiger charge is 2.20. The van der Waals surface area contributed by atoms with Crippen molar-refractivity contribution < 1.29 is 19.0 Å². The van der Waals surface area contributed by atoms with Gasteiger partial charge in [-0.15, -0.1) is 0 Å². The number of morpholine rings is 1. The Morgan fingerprint density at radius 1 is 1.25 bits per heavy atom. The summed E-state index contributed by atoms with van der Waals surface area (Å²) >= 11 is 0. The van der Waals surface area contributed by atoms with Crippen LogP contribution in [0.1, 0.15) is 28.0 Å². The van der Waals surface area contributed by atoms with E-state index in [1.54, 1.807) is 12.1 Å². The van der Waals surface area contributed by atoms with Crippen molar-refractivity contribution in [3.05, 3.63) is 63.6 Å². The lowest BCUT2D eigenvalue weighted by atomic mass is 10.1. The van der Waals surface area contributed by atoms with Gasteiger partial charge in [-0.2, -0.15) is 0 Å². The van der Waals surface area contributed by atoms with Gasteiger partial charge in [0, 0.05) is 37.9 Å². The summed E-state index contributed by atoms with van der Waals surface area (Å²) < 4.78 is 18.3. The molecule has 0 unspecified atom stereocenters. The topological polar surface area (TPSA) is 120 Å². The number of nitrogens with zero attached hydrogens (tertiary/aromatic N) is 3. The largest absolute Gasteiger partial charge is 0.505 e. The molecule has 4 rings (SSSR count). The fourth-order valence-corrected chi connectivity index (χ4v) is 3.65. The molecule has 1 saturated heterocycles. The third-order valence-electron chi connectivity index (χ3n) is 5.32. The Labute approximate surface area is 183 Å². The predicted molar refractivity (Wildman–Crippen MR) is 115 cm³/mol. The summed E-state index contributed by atoms with van der Waals surface area (Å²) in [7, 11) is 0. The van der Waals surface area contributed by atoms with Crippen LogP contribution in [0, 0.1) is 5.82 Å². The van der Waals surface area contributed by atoms with E-state index in [4.69, 9.17) is 4.74 Å². The first-order valence-electron chi connectivity index (χ1n) is 10.4. The Bertz CT molecular complexity index is 1160. The van der Waals surface area contributed by atoms with Crippen LogP contribution in [0.5, 0.6) is 5.75 Å². The number of aromatic nitrogens is 3. The molecule has 10 heteroatoms.